The van der Waals surface area contributed by atoms with Crippen molar-refractivity contribution >= 4 is 45.5 Å². The summed E-state index contributed by atoms with van der Waals surface area (Å²) in [5.74, 6) is 1.37. The Labute approximate surface area is 224 Å². The quantitative estimate of drug-likeness (QED) is 0.442. The molecule has 8 nitrogen and oxygen atoms in total. The van der Waals surface area contributed by atoms with Crippen LogP contribution in [0.2, 0.25) is 5.02 Å². The van der Waals surface area contributed by atoms with Gasteiger partial charge < -0.3 is 25.2 Å². The summed E-state index contributed by atoms with van der Waals surface area (Å²) in [7, 11) is 2.44. The molecule has 0 spiro atoms. The van der Waals surface area contributed by atoms with E-state index in [1.807, 2.05) is 25.1 Å². The average molecular weight is 547 g/mol. The van der Waals surface area contributed by atoms with E-state index >= 15 is 0 Å². The standard InChI is InChI=1S/C26H32ClFN6O2S/c1-4-15-37(35)24-16-19(34-13-11-33(2)12-14-34)7-9-22(24)30-25-20(27)17-29-26(32-25)31-21-8-5-18(28)6-10-23(21)36-3/h5,7-10,16-17H,4,6,11-15H2,1-3H3,(H2,29,30,31,32). The smallest absolute Gasteiger partial charge is 0.229 e. The number of anilines is 4. The van der Waals surface area contributed by atoms with Crippen LogP contribution in [0.4, 0.5) is 27.5 Å². The van der Waals surface area contributed by atoms with Crippen LogP contribution in [0.1, 0.15) is 19.8 Å². The molecule has 1 fully saturated rings. The average Bonchev–Trinajstić information content (AvgIpc) is 3.07. The van der Waals surface area contributed by atoms with E-state index in [1.165, 1.54) is 19.4 Å². The van der Waals surface area contributed by atoms with Crippen molar-refractivity contribution in [2.24, 2.45) is 0 Å². The van der Waals surface area contributed by atoms with E-state index in [9.17, 15) is 8.60 Å². The second-order valence-corrected chi connectivity index (χ2v) is 10.8. The van der Waals surface area contributed by atoms with Gasteiger partial charge in [-0.05, 0) is 49.9 Å². The van der Waals surface area contributed by atoms with Gasteiger partial charge in [-0.3, -0.25) is 4.21 Å². The summed E-state index contributed by atoms with van der Waals surface area (Å²) in [4.78, 5) is 14.1. The number of aromatic nitrogens is 2. The lowest BCUT2D eigenvalue weighted by Gasteiger charge is -2.34. The Morgan fingerprint density at radius 3 is 2.70 bits per heavy atom. The highest BCUT2D eigenvalue weighted by molar-refractivity contribution is 7.85. The van der Waals surface area contributed by atoms with Gasteiger partial charge in [-0.15, -0.1) is 0 Å². The van der Waals surface area contributed by atoms with Crippen LogP contribution in [-0.2, 0) is 15.5 Å². The molecule has 2 heterocycles. The molecule has 2 aromatic rings. The number of nitrogens with one attached hydrogen (secondary N) is 2. The number of halogens is 2. The molecule has 0 amide bonds. The van der Waals surface area contributed by atoms with Crippen molar-refractivity contribution in [1.29, 1.82) is 0 Å². The molecule has 1 aliphatic heterocycles. The van der Waals surface area contributed by atoms with Gasteiger partial charge in [0.05, 0.1) is 40.4 Å². The first-order chi connectivity index (χ1) is 17.9. The number of ether oxygens (including phenoxy) is 1. The van der Waals surface area contributed by atoms with E-state index in [4.69, 9.17) is 16.3 Å². The first-order valence-electron chi connectivity index (χ1n) is 12.2. The summed E-state index contributed by atoms with van der Waals surface area (Å²) < 4.78 is 32.3. The number of hydrogen-bond donors (Lipinski definition) is 2. The molecule has 0 saturated carbocycles. The Hall–Kier alpha value is -2.95. The van der Waals surface area contributed by atoms with Crippen LogP contribution in [0.25, 0.3) is 0 Å². The molecule has 1 aromatic heterocycles. The first kappa shape index (κ1) is 27.1. The van der Waals surface area contributed by atoms with Crippen molar-refractivity contribution in [3.63, 3.8) is 0 Å². The number of methoxy groups -OCH3 is 1. The zero-order valence-corrected chi connectivity index (χ0v) is 22.8. The van der Waals surface area contributed by atoms with Gasteiger partial charge in [0.25, 0.3) is 0 Å². The fourth-order valence-electron chi connectivity index (χ4n) is 4.04. The summed E-state index contributed by atoms with van der Waals surface area (Å²) >= 11 is 6.44. The van der Waals surface area contributed by atoms with Gasteiger partial charge in [-0.25, -0.2) is 9.37 Å². The molecule has 1 unspecified atom stereocenters. The van der Waals surface area contributed by atoms with Crippen LogP contribution in [0.15, 0.2) is 64.8 Å². The molecule has 1 saturated heterocycles. The summed E-state index contributed by atoms with van der Waals surface area (Å²) in [5.41, 5.74) is 2.24. The minimum absolute atomic E-state index is 0.140. The number of piperazine rings is 1. The monoisotopic (exact) mass is 546 g/mol. The third-order valence-electron chi connectivity index (χ3n) is 6.11. The third kappa shape index (κ3) is 6.88. The SMILES string of the molecule is CCCS(=O)c1cc(N2CCN(C)CC2)ccc1Nc1nc(NC2=CC=C(F)CC=C2OC)ncc1Cl. The maximum absolute atomic E-state index is 13.7. The summed E-state index contributed by atoms with van der Waals surface area (Å²) in [6, 6.07) is 5.96. The van der Waals surface area contributed by atoms with Crippen LogP contribution in [0.5, 0.6) is 0 Å². The van der Waals surface area contributed by atoms with E-state index in [0.29, 0.717) is 38.6 Å². The minimum Gasteiger partial charge on any atom is -0.495 e. The van der Waals surface area contributed by atoms with E-state index in [0.717, 1.165) is 38.3 Å². The zero-order chi connectivity index (χ0) is 26.4. The van der Waals surface area contributed by atoms with E-state index in [2.05, 4.69) is 37.4 Å². The third-order valence-corrected chi connectivity index (χ3v) is 7.99. The molecule has 1 atom stereocenters. The van der Waals surface area contributed by atoms with Crippen molar-refractivity contribution < 1.29 is 13.3 Å². The molecule has 1 aliphatic carbocycles. The maximum atomic E-state index is 13.7. The van der Waals surface area contributed by atoms with Crippen molar-refractivity contribution in [1.82, 2.24) is 14.9 Å². The Balaban J connectivity index is 1.61. The summed E-state index contributed by atoms with van der Waals surface area (Å²) in [5, 5.41) is 6.64. The summed E-state index contributed by atoms with van der Waals surface area (Å²) in [6.45, 7) is 5.82. The van der Waals surface area contributed by atoms with Gasteiger partial charge in [-0.1, -0.05) is 18.5 Å². The molecule has 37 heavy (non-hydrogen) atoms. The fourth-order valence-corrected chi connectivity index (χ4v) is 5.39. The van der Waals surface area contributed by atoms with Crippen molar-refractivity contribution in [3.05, 3.63) is 64.9 Å². The Morgan fingerprint density at radius 1 is 1.19 bits per heavy atom. The lowest BCUT2D eigenvalue weighted by atomic mass is 10.2. The number of benzene rings is 1. The van der Waals surface area contributed by atoms with Gasteiger partial charge in [-0.2, -0.15) is 4.98 Å². The van der Waals surface area contributed by atoms with Crippen LogP contribution in [0.3, 0.4) is 0 Å². The predicted molar refractivity (Wildman–Crippen MR) is 149 cm³/mol. The molecule has 11 heteroatoms. The Kier molecular flexibility index (Phi) is 9.18. The maximum Gasteiger partial charge on any atom is 0.229 e. The van der Waals surface area contributed by atoms with Crippen molar-refractivity contribution in [2.75, 3.05) is 61.6 Å². The minimum atomic E-state index is -1.20. The van der Waals surface area contributed by atoms with Gasteiger partial charge in [0.15, 0.2) is 5.82 Å². The first-order valence-corrected chi connectivity index (χ1v) is 13.9. The molecule has 1 aromatic carbocycles. The van der Waals surface area contributed by atoms with E-state index in [-0.39, 0.29) is 18.2 Å². The molecule has 4 rings (SSSR count). The molecular weight excluding hydrogens is 515 g/mol. The normalized spacial score (nSPS) is 17.3. The number of rotatable bonds is 9. The van der Waals surface area contributed by atoms with E-state index in [1.54, 1.807) is 12.2 Å². The highest BCUT2D eigenvalue weighted by atomic mass is 35.5. The van der Waals surface area contributed by atoms with Crippen LogP contribution in [0, 0.1) is 0 Å². The van der Waals surface area contributed by atoms with Crippen LogP contribution < -0.4 is 15.5 Å². The van der Waals surface area contributed by atoms with Crippen LogP contribution >= 0.6 is 11.6 Å². The molecule has 0 bridgehead atoms. The summed E-state index contributed by atoms with van der Waals surface area (Å²) in [6.07, 6.45) is 7.00. The second-order valence-electron chi connectivity index (χ2n) is 8.83. The van der Waals surface area contributed by atoms with Gasteiger partial charge in [0.2, 0.25) is 5.95 Å². The van der Waals surface area contributed by atoms with E-state index < -0.39 is 10.8 Å². The number of allylic oxidation sites excluding steroid dienone is 4. The molecule has 198 valence electrons. The van der Waals surface area contributed by atoms with Crippen molar-refractivity contribution in [2.45, 2.75) is 24.7 Å². The van der Waals surface area contributed by atoms with Gasteiger partial charge in [0.1, 0.15) is 16.6 Å². The zero-order valence-electron chi connectivity index (χ0n) is 21.3. The second kappa shape index (κ2) is 12.5. The molecular formula is C26H32ClFN6O2S. The van der Waals surface area contributed by atoms with Gasteiger partial charge >= 0.3 is 0 Å². The Bertz CT molecular complexity index is 1240. The lowest BCUT2D eigenvalue weighted by molar-refractivity contribution is 0.300. The lowest BCUT2D eigenvalue weighted by Crippen LogP contribution is -2.44. The predicted octanol–water partition coefficient (Wildman–Crippen LogP) is 5.23. The fraction of sp³-hybridized carbons (Fsp3) is 0.385. The molecule has 2 N–H and O–H groups in total. The largest absolute Gasteiger partial charge is 0.495 e. The Morgan fingerprint density at radius 2 is 1.97 bits per heavy atom. The number of likely N-dealkylation sites (N-methyl/N-ethyl adjacent to an activating group) is 1. The number of nitrogens with zero attached hydrogens (tertiary/aromatic N) is 4. The molecule has 2 aliphatic rings. The highest BCUT2D eigenvalue weighted by Crippen LogP contribution is 2.32. The topological polar surface area (TPSA) is 82.6 Å². The van der Waals surface area contributed by atoms with Crippen LogP contribution in [-0.4, -0.2) is 65.2 Å². The highest BCUT2D eigenvalue weighted by Gasteiger charge is 2.19. The molecule has 0 radical (unpaired) electrons. The van der Waals surface area contributed by atoms with Crippen molar-refractivity contribution in [3.8, 4) is 0 Å². The number of hydrogen-bond acceptors (Lipinski definition) is 8. The van der Waals surface area contributed by atoms with Gasteiger partial charge in [0, 0.05) is 44.0 Å².